The number of piperidine rings is 1. The van der Waals surface area contributed by atoms with Crippen molar-refractivity contribution in [1.82, 2.24) is 25.5 Å². The number of halogens is 4. The third-order valence-corrected chi connectivity index (χ3v) is 6.18. The Morgan fingerprint density at radius 1 is 0.944 bits per heavy atom. The van der Waals surface area contributed by atoms with Crippen LogP contribution in [0, 0.1) is 5.82 Å². The van der Waals surface area contributed by atoms with E-state index in [-0.39, 0.29) is 6.04 Å². The molecule has 184 valence electrons. The predicted molar refractivity (Wildman–Crippen MR) is 125 cm³/mol. The fourth-order valence-electron chi connectivity index (χ4n) is 4.39. The van der Waals surface area contributed by atoms with Gasteiger partial charge in [0.05, 0.1) is 11.1 Å². The molecule has 4 heterocycles. The van der Waals surface area contributed by atoms with E-state index in [0.717, 1.165) is 28.5 Å². The Bertz CT molecular complexity index is 1410. The monoisotopic (exact) mass is 496 g/mol. The minimum atomic E-state index is -4.84. The van der Waals surface area contributed by atoms with Crippen LogP contribution in [0.1, 0.15) is 28.8 Å². The van der Waals surface area contributed by atoms with Crippen LogP contribution < -0.4 is 10.2 Å². The molecule has 7 nitrogen and oxygen atoms in total. The van der Waals surface area contributed by atoms with Crippen LogP contribution in [0.2, 0.25) is 0 Å². The maximum atomic E-state index is 13.4. The van der Waals surface area contributed by atoms with E-state index in [1.165, 1.54) is 0 Å². The first-order chi connectivity index (χ1) is 17.3. The van der Waals surface area contributed by atoms with Crippen LogP contribution in [-0.2, 0) is 6.18 Å². The largest absolute Gasteiger partial charge is 0.417 e. The lowest BCUT2D eigenvalue weighted by Gasteiger charge is -2.33. The standard InChI is InChI=1S/C25H20F4N6O/c26-16-1-2-19(21(13-16)25(27,28)29)24(36)32-17-6-11-35(12-7-17)23-20-14-31-10-5-18(20)22(33-34-23)15-3-8-30-9-4-15/h1-5,8-10,13-14,17H,6-7,11-12H2,(H,32,36). The highest BCUT2D eigenvalue weighted by molar-refractivity contribution is 5.99. The average Bonchev–Trinajstić information content (AvgIpc) is 2.88. The fourth-order valence-corrected chi connectivity index (χ4v) is 4.39. The van der Waals surface area contributed by atoms with Gasteiger partial charge in [-0.25, -0.2) is 4.39 Å². The zero-order chi connectivity index (χ0) is 25.3. The van der Waals surface area contributed by atoms with Gasteiger partial charge in [0.1, 0.15) is 11.5 Å². The lowest BCUT2D eigenvalue weighted by molar-refractivity contribution is -0.138. The van der Waals surface area contributed by atoms with E-state index in [9.17, 15) is 22.4 Å². The molecule has 1 amide bonds. The van der Waals surface area contributed by atoms with E-state index < -0.39 is 29.0 Å². The zero-order valence-corrected chi connectivity index (χ0v) is 18.8. The molecule has 11 heteroatoms. The van der Waals surface area contributed by atoms with Crippen LogP contribution in [0.25, 0.3) is 22.0 Å². The Morgan fingerprint density at radius 2 is 1.67 bits per heavy atom. The van der Waals surface area contributed by atoms with Gasteiger partial charge in [-0.1, -0.05) is 0 Å². The maximum absolute atomic E-state index is 13.4. The van der Waals surface area contributed by atoms with Crippen molar-refractivity contribution in [3.8, 4) is 11.3 Å². The van der Waals surface area contributed by atoms with Gasteiger partial charge in [0.2, 0.25) is 0 Å². The highest BCUT2D eigenvalue weighted by Crippen LogP contribution is 2.34. The van der Waals surface area contributed by atoms with Crippen LogP contribution in [0.5, 0.6) is 0 Å². The molecule has 0 atom stereocenters. The Kier molecular flexibility index (Phi) is 6.21. The Balaban J connectivity index is 1.32. The summed E-state index contributed by atoms with van der Waals surface area (Å²) >= 11 is 0. The Hall–Kier alpha value is -4.15. The lowest BCUT2D eigenvalue weighted by Crippen LogP contribution is -2.45. The summed E-state index contributed by atoms with van der Waals surface area (Å²) < 4.78 is 53.3. The highest BCUT2D eigenvalue weighted by Gasteiger charge is 2.36. The number of amides is 1. The fraction of sp³-hybridized carbons (Fsp3) is 0.240. The zero-order valence-electron chi connectivity index (χ0n) is 18.8. The summed E-state index contributed by atoms with van der Waals surface area (Å²) in [5, 5.41) is 13.3. The van der Waals surface area contributed by atoms with Crippen molar-refractivity contribution < 1.29 is 22.4 Å². The third kappa shape index (κ3) is 4.68. The molecule has 1 saturated heterocycles. The van der Waals surface area contributed by atoms with E-state index in [1.807, 2.05) is 23.1 Å². The number of fused-ring (bicyclic) bond motifs is 1. The van der Waals surface area contributed by atoms with Gasteiger partial charge in [0.25, 0.3) is 5.91 Å². The van der Waals surface area contributed by atoms with Gasteiger partial charge in [0, 0.05) is 60.3 Å². The van der Waals surface area contributed by atoms with Gasteiger partial charge < -0.3 is 10.2 Å². The molecule has 4 aromatic rings. The molecular weight excluding hydrogens is 476 g/mol. The first kappa shape index (κ1) is 23.6. The molecule has 0 aliphatic carbocycles. The van der Waals surface area contributed by atoms with E-state index in [4.69, 9.17) is 0 Å². The Labute approximate surface area is 203 Å². The second-order valence-electron chi connectivity index (χ2n) is 8.45. The van der Waals surface area contributed by atoms with Crippen LogP contribution in [0.4, 0.5) is 23.4 Å². The first-order valence-corrected chi connectivity index (χ1v) is 11.2. The van der Waals surface area contributed by atoms with Gasteiger partial charge in [-0.3, -0.25) is 14.8 Å². The van der Waals surface area contributed by atoms with Gasteiger partial charge in [0.15, 0.2) is 5.82 Å². The molecule has 1 N–H and O–H groups in total. The summed E-state index contributed by atoms with van der Waals surface area (Å²) in [5.74, 6) is -1.28. The number of alkyl halides is 3. The van der Waals surface area contributed by atoms with Crippen molar-refractivity contribution in [2.45, 2.75) is 25.1 Å². The Morgan fingerprint density at radius 3 is 2.39 bits per heavy atom. The van der Waals surface area contributed by atoms with Gasteiger partial charge >= 0.3 is 6.18 Å². The molecule has 0 saturated carbocycles. The van der Waals surface area contributed by atoms with Crippen LogP contribution >= 0.6 is 0 Å². The summed E-state index contributed by atoms with van der Waals surface area (Å²) in [6.07, 6.45) is 2.92. The molecule has 3 aromatic heterocycles. The second-order valence-corrected chi connectivity index (χ2v) is 8.45. The smallest absolute Gasteiger partial charge is 0.354 e. The number of nitrogens with zero attached hydrogens (tertiary/aromatic N) is 5. The van der Waals surface area contributed by atoms with Crippen molar-refractivity contribution in [2.24, 2.45) is 0 Å². The number of benzene rings is 1. The number of rotatable bonds is 4. The van der Waals surface area contributed by atoms with Crippen molar-refractivity contribution >= 4 is 22.5 Å². The van der Waals surface area contributed by atoms with Crippen molar-refractivity contribution in [2.75, 3.05) is 18.0 Å². The number of aromatic nitrogens is 4. The molecular formula is C25H20F4N6O. The molecule has 0 unspecified atom stereocenters. The quantitative estimate of drug-likeness (QED) is 0.415. The first-order valence-electron chi connectivity index (χ1n) is 11.2. The summed E-state index contributed by atoms with van der Waals surface area (Å²) in [6.45, 7) is 1.02. The minimum Gasteiger partial charge on any atom is -0.354 e. The SMILES string of the molecule is O=C(NC1CCN(c2nnc(-c3ccncc3)c3ccncc23)CC1)c1ccc(F)cc1C(F)(F)F. The second kappa shape index (κ2) is 9.48. The van der Waals surface area contributed by atoms with E-state index >= 15 is 0 Å². The summed E-state index contributed by atoms with van der Waals surface area (Å²) in [5.41, 5.74) is -0.303. The molecule has 1 aliphatic rings. The number of anilines is 1. The highest BCUT2D eigenvalue weighted by atomic mass is 19.4. The minimum absolute atomic E-state index is 0.338. The van der Waals surface area contributed by atoms with Crippen LogP contribution in [0.3, 0.4) is 0 Å². The molecule has 1 aliphatic heterocycles. The average molecular weight is 496 g/mol. The van der Waals surface area contributed by atoms with E-state index in [2.05, 4.69) is 25.5 Å². The molecule has 1 fully saturated rings. The van der Waals surface area contributed by atoms with Gasteiger partial charge in [-0.15, -0.1) is 10.2 Å². The van der Waals surface area contributed by atoms with Crippen LogP contribution in [-0.4, -0.2) is 45.2 Å². The summed E-state index contributed by atoms with van der Waals surface area (Å²) in [7, 11) is 0. The number of hydrogen-bond acceptors (Lipinski definition) is 6. The number of hydrogen-bond donors (Lipinski definition) is 1. The van der Waals surface area contributed by atoms with Crippen molar-refractivity contribution in [3.05, 3.63) is 78.1 Å². The number of carbonyl (C=O) groups is 1. The molecule has 1 aromatic carbocycles. The molecule has 5 rings (SSSR count). The lowest BCUT2D eigenvalue weighted by atomic mass is 10.0. The van der Waals surface area contributed by atoms with Gasteiger partial charge in [-0.05, 0) is 49.2 Å². The van der Waals surface area contributed by atoms with E-state index in [0.29, 0.717) is 43.5 Å². The molecule has 36 heavy (non-hydrogen) atoms. The van der Waals surface area contributed by atoms with E-state index in [1.54, 1.807) is 24.8 Å². The van der Waals surface area contributed by atoms with Crippen molar-refractivity contribution in [1.29, 1.82) is 0 Å². The number of nitrogens with one attached hydrogen (secondary N) is 1. The molecule has 0 bridgehead atoms. The topological polar surface area (TPSA) is 83.9 Å². The number of carbonyl (C=O) groups excluding carboxylic acids is 1. The number of pyridine rings is 2. The predicted octanol–water partition coefficient (Wildman–Crippen LogP) is 4.64. The maximum Gasteiger partial charge on any atom is 0.417 e. The van der Waals surface area contributed by atoms with Crippen molar-refractivity contribution in [3.63, 3.8) is 0 Å². The third-order valence-electron chi connectivity index (χ3n) is 6.18. The molecule has 0 spiro atoms. The van der Waals surface area contributed by atoms with Gasteiger partial charge in [-0.2, -0.15) is 13.2 Å². The summed E-state index contributed by atoms with van der Waals surface area (Å²) in [4.78, 5) is 22.9. The normalized spacial score (nSPS) is 14.7. The molecule has 0 radical (unpaired) electrons. The van der Waals surface area contributed by atoms with Crippen LogP contribution in [0.15, 0.2) is 61.2 Å². The summed E-state index contributed by atoms with van der Waals surface area (Å²) in [6, 6.07) is 7.28.